The fourth-order valence-electron chi connectivity index (χ4n) is 4.35. The Kier molecular flexibility index (Phi) is 4.37. The standard InChI is InChI=1S/C10H14O.C8H8O2/c11-10-8-2-6-1-7(4-8)5-9(10)3-6;9-7-10-6-8-4-2-1-3-5-8/h6-9H,1-5H2;1-5,7H,6H2. The molecule has 0 heterocycles. The zero-order valence-electron chi connectivity index (χ0n) is 12.2. The molecule has 4 saturated carbocycles. The van der Waals surface area contributed by atoms with Gasteiger partial charge in [0.25, 0.3) is 6.47 Å². The number of rotatable bonds is 3. The summed E-state index contributed by atoms with van der Waals surface area (Å²) in [4.78, 5) is 21.3. The second-order valence-electron chi connectivity index (χ2n) is 6.60. The van der Waals surface area contributed by atoms with Crippen LogP contribution >= 0.6 is 0 Å². The van der Waals surface area contributed by atoms with Crippen LogP contribution in [0.1, 0.15) is 37.7 Å². The molecule has 5 rings (SSSR count). The molecule has 21 heavy (non-hydrogen) atoms. The molecule has 0 atom stereocenters. The summed E-state index contributed by atoms with van der Waals surface area (Å²) in [6.45, 7) is 0.817. The zero-order valence-corrected chi connectivity index (χ0v) is 12.2. The van der Waals surface area contributed by atoms with Crippen LogP contribution in [0, 0.1) is 23.7 Å². The van der Waals surface area contributed by atoms with Crippen molar-refractivity contribution in [1.29, 1.82) is 0 Å². The number of ether oxygens (including phenoxy) is 1. The van der Waals surface area contributed by atoms with Crippen LogP contribution in [-0.2, 0) is 20.9 Å². The van der Waals surface area contributed by atoms with Gasteiger partial charge in [-0.1, -0.05) is 30.3 Å². The molecular formula is C18H22O3. The van der Waals surface area contributed by atoms with Crippen LogP contribution in [0.5, 0.6) is 0 Å². The first kappa shape index (κ1) is 14.3. The SMILES string of the molecule is O=C1C2CC3CC(C2)CC1C3.O=COCc1ccccc1. The van der Waals surface area contributed by atoms with E-state index in [1.165, 1.54) is 32.1 Å². The van der Waals surface area contributed by atoms with Gasteiger partial charge in [-0.3, -0.25) is 9.59 Å². The van der Waals surface area contributed by atoms with Crippen LogP contribution in [0.2, 0.25) is 0 Å². The molecule has 3 heteroatoms. The van der Waals surface area contributed by atoms with Crippen molar-refractivity contribution in [3.05, 3.63) is 35.9 Å². The van der Waals surface area contributed by atoms with Crippen molar-refractivity contribution >= 4 is 12.3 Å². The zero-order chi connectivity index (χ0) is 14.7. The fraction of sp³-hybridized carbons (Fsp3) is 0.556. The minimum absolute atomic E-state index is 0.365. The first-order valence-corrected chi connectivity index (χ1v) is 7.89. The van der Waals surface area contributed by atoms with E-state index < -0.39 is 0 Å². The van der Waals surface area contributed by atoms with Crippen molar-refractivity contribution in [3.63, 3.8) is 0 Å². The second kappa shape index (κ2) is 6.42. The molecule has 4 fully saturated rings. The van der Waals surface area contributed by atoms with Gasteiger partial charge in [0.2, 0.25) is 0 Å². The van der Waals surface area contributed by atoms with Crippen LogP contribution in [-0.4, -0.2) is 12.3 Å². The van der Waals surface area contributed by atoms with Gasteiger partial charge < -0.3 is 4.74 Å². The molecule has 0 unspecified atom stereocenters. The van der Waals surface area contributed by atoms with Gasteiger partial charge in [-0.2, -0.15) is 0 Å². The summed E-state index contributed by atoms with van der Waals surface area (Å²) < 4.78 is 4.54. The Bertz CT molecular complexity index is 464. The third-order valence-electron chi connectivity index (χ3n) is 5.10. The largest absolute Gasteiger partial charge is 0.463 e. The Labute approximate surface area is 125 Å². The highest BCUT2D eigenvalue weighted by atomic mass is 16.5. The predicted molar refractivity (Wildman–Crippen MR) is 79.3 cm³/mol. The van der Waals surface area contributed by atoms with Gasteiger partial charge in [0.05, 0.1) is 0 Å². The normalized spacial score (nSPS) is 32.3. The number of carbonyl (C=O) groups excluding carboxylic acids is 2. The Balaban J connectivity index is 0.000000127. The maximum Gasteiger partial charge on any atom is 0.293 e. The van der Waals surface area contributed by atoms with Crippen molar-refractivity contribution in [1.82, 2.24) is 0 Å². The first-order chi connectivity index (χ1) is 10.3. The van der Waals surface area contributed by atoms with E-state index in [1.54, 1.807) is 0 Å². The minimum atomic E-state index is 0.365. The third-order valence-corrected chi connectivity index (χ3v) is 5.10. The lowest BCUT2D eigenvalue weighted by Gasteiger charge is -2.48. The molecule has 1 aromatic carbocycles. The number of hydrogen-bond donors (Lipinski definition) is 0. The second-order valence-corrected chi connectivity index (χ2v) is 6.60. The van der Waals surface area contributed by atoms with Crippen LogP contribution in [0.4, 0.5) is 0 Å². The summed E-state index contributed by atoms with van der Waals surface area (Å²) in [7, 11) is 0. The van der Waals surface area contributed by atoms with E-state index in [1.807, 2.05) is 30.3 Å². The molecule has 4 aliphatic rings. The highest BCUT2D eigenvalue weighted by Gasteiger charge is 2.47. The van der Waals surface area contributed by atoms with Gasteiger partial charge in [-0.25, -0.2) is 0 Å². The lowest BCUT2D eigenvalue weighted by Crippen LogP contribution is -2.45. The fourth-order valence-corrected chi connectivity index (χ4v) is 4.35. The number of Topliss-reactive ketones (excluding diaryl/α,β-unsaturated/α-hetero) is 1. The van der Waals surface area contributed by atoms with Crippen molar-refractivity contribution in [2.24, 2.45) is 23.7 Å². The average molecular weight is 286 g/mol. The lowest BCUT2D eigenvalue weighted by atomic mass is 9.56. The van der Waals surface area contributed by atoms with Gasteiger partial charge in [0, 0.05) is 11.8 Å². The van der Waals surface area contributed by atoms with Crippen molar-refractivity contribution < 1.29 is 14.3 Å². The molecular weight excluding hydrogens is 264 g/mol. The van der Waals surface area contributed by atoms with Crippen molar-refractivity contribution in [2.75, 3.05) is 0 Å². The molecule has 1 aromatic rings. The highest BCUT2D eigenvalue weighted by Crippen LogP contribution is 2.51. The van der Waals surface area contributed by atoms with Crippen LogP contribution in [0.15, 0.2) is 30.3 Å². The summed E-state index contributed by atoms with van der Waals surface area (Å²) in [5.74, 6) is 3.51. The maximum atomic E-state index is 11.6. The number of benzene rings is 1. The number of ketones is 1. The Morgan fingerprint density at radius 2 is 1.52 bits per heavy atom. The molecule has 4 bridgehead atoms. The monoisotopic (exact) mass is 286 g/mol. The van der Waals surface area contributed by atoms with E-state index in [0.717, 1.165) is 17.4 Å². The van der Waals surface area contributed by atoms with Gasteiger partial charge in [-0.05, 0) is 49.5 Å². The van der Waals surface area contributed by atoms with E-state index in [0.29, 0.717) is 30.7 Å². The molecule has 0 aromatic heterocycles. The summed E-state index contributed by atoms with van der Waals surface area (Å²) in [5, 5.41) is 0. The van der Waals surface area contributed by atoms with Gasteiger partial charge in [-0.15, -0.1) is 0 Å². The average Bonchev–Trinajstić information content (AvgIpc) is 2.51. The van der Waals surface area contributed by atoms with E-state index in [-0.39, 0.29) is 0 Å². The Morgan fingerprint density at radius 1 is 0.952 bits per heavy atom. The van der Waals surface area contributed by atoms with E-state index in [2.05, 4.69) is 4.74 Å². The van der Waals surface area contributed by atoms with Gasteiger partial charge in [0.1, 0.15) is 12.4 Å². The van der Waals surface area contributed by atoms with E-state index in [4.69, 9.17) is 0 Å². The number of carbonyl (C=O) groups is 2. The molecule has 3 nitrogen and oxygen atoms in total. The Hall–Kier alpha value is -1.64. The molecule has 0 amide bonds. The summed E-state index contributed by atoms with van der Waals surface area (Å²) in [6.07, 6.45) is 6.41. The minimum Gasteiger partial charge on any atom is -0.463 e. The van der Waals surface area contributed by atoms with Gasteiger partial charge in [0.15, 0.2) is 0 Å². The van der Waals surface area contributed by atoms with Crippen LogP contribution in [0.25, 0.3) is 0 Å². The van der Waals surface area contributed by atoms with E-state index >= 15 is 0 Å². The molecule has 0 radical (unpaired) electrons. The summed E-state index contributed by atoms with van der Waals surface area (Å²) in [5.41, 5.74) is 1.01. The molecule has 0 aliphatic heterocycles. The predicted octanol–water partition coefficient (Wildman–Crippen LogP) is 3.37. The molecule has 4 aliphatic carbocycles. The summed E-state index contributed by atoms with van der Waals surface area (Å²) in [6, 6.07) is 9.55. The summed E-state index contributed by atoms with van der Waals surface area (Å²) >= 11 is 0. The third kappa shape index (κ3) is 3.34. The molecule has 112 valence electrons. The highest BCUT2D eigenvalue weighted by molar-refractivity contribution is 5.85. The topological polar surface area (TPSA) is 43.4 Å². The molecule has 0 N–H and O–H groups in total. The van der Waals surface area contributed by atoms with Crippen LogP contribution < -0.4 is 0 Å². The van der Waals surface area contributed by atoms with Crippen LogP contribution in [0.3, 0.4) is 0 Å². The van der Waals surface area contributed by atoms with Gasteiger partial charge >= 0.3 is 0 Å². The molecule has 0 saturated heterocycles. The van der Waals surface area contributed by atoms with Crippen molar-refractivity contribution in [3.8, 4) is 0 Å². The maximum absolute atomic E-state index is 11.6. The Morgan fingerprint density at radius 3 is 2.05 bits per heavy atom. The first-order valence-electron chi connectivity index (χ1n) is 7.89. The van der Waals surface area contributed by atoms with Crippen molar-refractivity contribution in [2.45, 2.75) is 38.7 Å². The quantitative estimate of drug-likeness (QED) is 0.800. The number of hydrogen-bond acceptors (Lipinski definition) is 3. The molecule has 0 spiro atoms. The lowest BCUT2D eigenvalue weighted by molar-refractivity contribution is -0.140. The smallest absolute Gasteiger partial charge is 0.293 e. The van der Waals surface area contributed by atoms with E-state index in [9.17, 15) is 9.59 Å².